The number of carboxylic acids is 1. The fraction of sp³-hybridized carbons (Fsp3) is 0.450. The fourth-order valence-corrected chi connectivity index (χ4v) is 3.67. The van der Waals surface area contributed by atoms with Crippen molar-refractivity contribution < 1.29 is 19.2 Å². The summed E-state index contributed by atoms with van der Waals surface area (Å²) in [6, 6.07) is 9.29. The summed E-state index contributed by atoms with van der Waals surface area (Å²) < 4.78 is 5.33. The molecule has 1 N–H and O–H groups in total. The molecule has 1 aliphatic rings. The predicted molar refractivity (Wildman–Crippen MR) is 96.2 cm³/mol. The van der Waals surface area contributed by atoms with Crippen molar-refractivity contribution in [1.82, 2.24) is 10.1 Å². The number of nitrogens with zero attached hydrogens (tertiary/aromatic N) is 2. The second kappa shape index (κ2) is 6.94. The van der Waals surface area contributed by atoms with E-state index in [1.165, 1.54) is 0 Å². The fourth-order valence-electron chi connectivity index (χ4n) is 3.67. The average molecular weight is 356 g/mol. The van der Waals surface area contributed by atoms with E-state index in [1.54, 1.807) is 11.8 Å². The molecule has 1 aliphatic heterocycles. The number of aromatic nitrogens is 1. The van der Waals surface area contributed by atoms with Crippen LogP contribution in [0, 0.1) is 6.92 Å². The van der Waals surface area contributed by atoms with Gasteiger partial charge in [0.1, 0.15) is 5.56 Å². The second-order valence-corrected chi connectivity index (χ2v) is 7.21. The molecule has 1 fully saturated rings. The Morgan fingerprint density at radius 1 is 1.19 bits per heavy atom. The van der Waals surface area contributed by atoms with Crippen molar-refractivity contribution in [2.24, 2.45) is 0 Å². The summed E-state index contributed by atoms with van der Waals surface area (Å²) in [5, 5.41) is 13.8. The molecule has 2 heterocycles. The molecule has 6 nitrogen and oxygen atoms in total. The molecule has 1 saturated heterocycles. The molecule has 0 bridgehead atoms. The Bertz CT molecular complexity index is 802. The number of benzene rings is 1. The van der Waals surface area contributed by atoms with Crippen molar-refractivity contribution in [2.75, 3.05) is 13.1 Å². The van der Waals surface area contributed by atoms with E-state index < -0.39 is 11.4 Å². The Morgan fingerprint density at radius 3 is 2.35 bits per heavy atom. The topological polar surface area (TPSA) is 83.6 Å². The molecule has 138 valence electrons. The first-order valence-electron chi connectivity index (χ1n) is 8.91. The molecular weight excluding hydrogens is 332 g/mol. The molecule has 3 rings (SSSR count). The summed E-state index contributed by atoms with van der Waals surface area (Å²) >= 11 is 0. The number of piperidine rings is 1. The van der Waals surface area contributed by atoms with Gasteiger partial charge in [-0.15, -0.1) is 0 Å². The van der Waals surface area contributed by atoms with Gasteiger partial charge in [-0.25, -0.2) is 0 Å². The van der Waals surface area contributed by atoms with E-state index in [0.717, 1.165) is 5.56 Å². The van der Waals surface area contributed by atoms with Crippen LogP contribution in [-0.4, -0.2) is 40.1 Å². The van der Waals surface area contributed by atoms with Crippen LogP contribution >= 0.6 is 0 Å². The molecule has 1 aromatic heterocycles. The quantitative estimate of drug-likeness (QED) is 0.908. The third kappa shape index (κ3) is 3.00. The van der Waals surface area contributed by atoms with Crippen molar-refractivity contribution in [3.8, 4) is 0 Å². The number of hydrogen-bond donors (Lipinski definition) is 1. The number of carbonyl (C=O) groups excluding carboxylic acids is 1. The van der Waals surface area contributed by atoms with Crippen molar-refractivity contribution in [3.05, 3.63) is 52.9 Å². The van der Waals surface area contributed by atoms with E-state index in [4.69, 9.17) is 4.52 Å². The average Bonchev–Trinajstić information content (AvgIpc) is 3.03. The van der Waals surface area contributed by atoms with E-state index in [0.29, 0.717) is 42.9 Å². The summed E-state index contributed by atoms with van der Waals surface area (Å²) in [5.41, 5.74) is 0.950. The van der Waals surface area contributed by atoms with Gasteiger partial charge in [0.2, 0.25) is 0 Å². The largest absolute Gasteiger partial charge is 0.481 e. The summed E-state index contributed by atoms with van der Waals surface area (Å²) in [7, 11) is 0. The molecule has 1 amide bonds. The Labute approximate surface area is 152 Å². The van der Waals surface area contributed by atoms with Gasteiger partial charge >= 0.3 is 5.97 Å². The first-order valence-corrected chi connectivity index (χ1v) is 8.91. The normalized spacial score (nSPS) is 16.7. The van der Waals surface area contributed by atoms with Gasteiger partial charge in [0.25, 0.3) is 5.91 Å². The minimum Gasteiger partial charge on any atom is -0.481 e. The van der Waals surface area contributed by atoms with E-state index in [1.807, 2.05) is 44.2 Å². The zero-order valence-corrected chi connectivity index (χ0v) is 15.4. The van der Waals surface area contributed by atoms with Gasteiger partial charge in [0.05, 0.1) is 11.1 Å². The molecule has 6 heteroatoms. The van der Waals surface area contributed by atoms with E-state index in [9.17, 15) is 14.7 Å². The highest BCUT2D eigenvalue weighted by Gasteiger charge is 2.44. The molecule has 0 spiro atoms. The number of aryl methyl sites for hydroxylation is 1. The zero-order valence-electron chi connectivity index (χ0n) is 15.4. The van der Waals surface area contributed by atoms with Crippen molar-refractivity contribution >= 4 is 11.9 Å². The highest BCUT2D eigenvalue weighted by Crippen LogP contribution is 2.36. The van der Waals surface area contributed by atoms with Crippen molar-refractivity contribution in [3.63, 3.8) is 0 Å². The maximum Gasteiger partial charge on any atom is 0.314 e. The van der Waals surface area contributed by atoms with Crippen LogP contribution in [0.2, 0.25) is 0 Å². The Balaban J connectivity index is 1.83. The van der Waals surface area contributed by atoms with Crippen molar-refractivity contribution in [2.45, 2.75) is 44.9 Å². The lowest BCUT2D eigenvalue weighted by Crippen LogP contribution is -2.49. The predicted octanol–water partition coefficient (Wildman–Crippen LogP) is 3.37. The molecule has 0 saturated carbocycles. The minimum absolute atomic E-state index is 0.0577. The Kier molecular flexibility index (Phi) is 4.85. The van der Waals surface area contributed by atoms with Gasteiger partial charge in [-0.2, -0.15) is 0 Å². The van der Waals surface area contributed by atoms with E-state index in [2.05, 4.69) is 5.16 Å². The monoisotopic (exact) mass is 356 g/mol. The SMILES string of the molecule is Cc1noc(C(C)C)c1C(=O)N1CCC(C(=O)O)(c2ccccc2)CC1. The van der Waals surface area contributed by atoms with Gasteiger partial charge in [-0.1, -0.05) is 49.3 Å². The molecule has 1 aromatic carbocycles. The first kappa shape index (κ1) is 18.2. The minimum atomic E-state index is -0.942. The number of aliphatic carboxylic acids is 1. The van der Waals surface area contributed by atoms with Crippen LogP contribution in [0.3, 0.4) is 0 Å². The van der Waals surface area contributed by atoms with Gasteiger partial charge in [0.15, 0.2) is 5.76 Å². The highest BCUT2D eigenvalue weighted by molar-refractivity contribution is 5.96. The molecule has 0 radical (unpaired) electrons. The van der Waals surface area contributed by atoms with Crippen LogP contribution in [0.5, 0.6) is 0 Å². The number of hydrogen-bond acceptors (Lipinski definition) is 4. The number of likely N-dealkylation sites (tertiary alicyclic amines) is 1. The van der Waals surface area contributed by atoms with Crippen LogP contribution < -0.4 is 0 Å². The second-order valence-electron chi connectivity index (χ2n) is 7.21. The molecule has 0 atom stereocenters. The van der Waals surface area contributed by atoms with Gasteiger partial charge in [-0.05, 0) is 25.3 Å². The number of amides is 1. The van der Waals surface area contributed by atoms with Crippen LogP contribution in [0.25, 0.3) is 0 Å². The molecular formula is C20H24N2O4. The molecule has 2 aromatic rings. The lowest BCUT2D eigenvalue weighted by atomic mass is 9.72. The summed E-state index contributed by atoms with van der Waals surface area (Å²) in [6.45, 7) is 6.46. The highest BCUT2D eigenvalue weighted by atomic mass is 16.5. The van der Waals surface area contributed by atoms with E-state index >= 15 is 0 Å². The number of rotatable bonds is 4. The van der Waals surface area contributed by atoms with Crippen LogP contribution in [0.15, 0.2) is 34.9 Å². The molecule has 26 heavy (non-hydrogen) atoms. The third-order valence-corrected chi connectivity index (χ3v) is 5.27. The lowest BCUT2D eigenvalue weighted by Gasteiger charge is -2.39. The standard InChI is InChI=1S/C20H24N2O4/c1-13(2)17-16(14(3)21-26-17)18(23)22-11-9-20(10-12-22,19(24)25)15-7-5-4-6-8-15/h4-8,13H,9-12H2,1-3H3,(H,24,25). The zero-order chi connectivity index (χ0) is 18.9. The van der Waals surface area contributed by atoms with Gasteiger partial charge in [-0.3, -0.25) is 9.59 Å². The van der Waals surface area contributed by atoms with Gasteiger partial charge < -0.3 is 14.5 Å². The third-order valence-electron chi connectivity index (χ3n) is 5.27. The Morgan fingerprint density at radius 2 is 1.81 bits per heavy atom. The Hall–Kier alpha value is -2.63. The first-order chi connectivity index (χ1) is 12.4. The van der Waals surface area contributed by atoms with Crippen LogP contribution in [0.1, 0.15) is 60.0 Å². The lowest BCUT2D eigenvalue weighted by molar-refractivity contribution is -0.145. The van der Waals surface area contributed by atoms with Crippen LogP contribution in [-0.2, 0) is 10.2 Å². The molecule has 0 unspecified atom stereocenters. The maximum absolute atomic E-state index is 13.0. The summed E-state index contributed by atoms with van der Waals surface area (Å²) in [5.74, 6) is -0.313. The van der Waals surface area contributed by atoms with Crippen molar-refractivity contribution in [1.29, 1.82) is 0 Å². The smallest absolute Gasteiger partial charge is 0.314 e. The van der Waals surface area contributed by atoms with Gasteiger partial charge in [0, 0.05) is 19.0 Å². The number of carbonyl (C=O) groups is 2. The summed E-state index contributed by atoms with van der Waals surface area (Å²) in [6.07, 6.45) is 0.777. The summed E-state index contributed by atoms with van der Waals surface area (Å²) in [4.78, 5) is 26.8. The van der Waals surface area contributed by atoms with E-state index in [-0.39, 0.29) is 11.8 Å². The number of carboxylic acid groups (broad SMARTS) is 1. The van der Waals surface area contributed by atoms with Crippen LogP contribution in [0.4, 0.5) is 0 Å². The molecule has 0 aliphatic carbocycles. The maximum atomic E-state index is 13.0.